The van der Waals surface area contributed by atoms with E-state index in [9.17, 15) is 0 Å². The molecule has 0 N–H and O–H groups in total. The first-order valence-corrected chi connectivity index (χ1v) is 9.33. The fraction of sp³-hybridized carbons (Fsp3) is 0.526. The summed E-state index contributed by atoms with van der Waals surface area (Å²) in [5.74, 6) is 1.66. The van der Waals surface area contributed by atoms with Gasteiger partial charge in [0.05, 0.1) is 5.02 Å². The normalized spacial score (nSPS) is 19.2. The van der Waals surface area contributed by atoms with Crippen LogP contribution in [0.2, 0.25) is 5.02 Å². The summed E-state index contributed by atoms with van der Waals surface area (Å²) in [7, 11) is 0. The van der Waals surface area contributed by atoms with Gasteiger partial charge < -0.3 is 0 Å². The standard InChI is InChI=1S/C19H23ClN4/c20-17-11-21-8-6-15(17)12-24-9-7-18-16(13-24)10-22-19(23-18)14-4-2-1-3-5-14/h6,8,10-11,14H,1-5,7,9,12-13H2. The van der Waals surface area contributed by atoms with Crippen LogP contribution in [0.5, 0.6) is 0 Å². The maximum atomic E-state index is 6.24. The molecular formula is C19H23ClN4. The van der Waals surface area contributed by atoms with Gasteiger partial charge in [-0.05, 0) is 24.5 Å². The topological polar surface area (TPSA) is 41.9 Å². The van der Waals surface area contributed by atoms with Crippen LogP contribution in [0.25, 0.3) is 0 Å². The van der Waals surface area contributed by atoms with Crippen LogP contribution in [0, 0.1) is 0 Å². The second-order valence-corrected chi connectivity index (χ2v) is 7.37. The first kappa shape index (κ1) is 16.0. The van der Waals surface area contributed by atoms with Crippen LogP contribution in [0.3, 0.4) is 0 Å². The molecular weight excluding hydrogens is 320 g/mol. The summed E-state index contributed by atoms with van der Waals surface area (Å²) in [4.78, 5) is 16.1. The third-order valence-electron chi connectivity index (χ3n) is 5.25. The number of hydrogen-bond donors (Lipinski definition) is 0. The van der Waals surface area contributed by atoms with Gasteiger partial charge in [0, 0.05) is 61.8 Å². The number of rotatable bonds is 3. The Labute approximate surface area is 148 Å². The number of fused-ring (bicyclic) bond motifs is 1. The van der Waals surface area contributed by atoms with E-state index in [1.165, 1.54) is 43.4 Å². The van der Waals surface area contributed by atoms with Crippen LogP contribution < -0.4 is 0 Å². The van der Waals surface area contributed by atoms with Crippen LogP contribution in [0.1, 0.15) is 60.7 Å². The van der Waals surface area contributed by atoms with Crippen molar-refractivity contribution in [2.75, 3.05) is 6.54 Å². The molecule has 0 aromatic carbocycles. The molecule has 2 aromatic rings. The van der Waals surface area contributed by atoms with Crippen LogP contribution in [-0.4, -0.2) is 26.4 Å². The molecule has 0 spiro atoms. The highest BCUT2D eigenvalue weighted by molar-refractivity contribution is 6.31. The zero-order chi connectivity index (χ0) is 16.4. The maximum absolute atomic E-state index is 6.24. The minimum Gasteiger partial charge on any atom is -0.294 e. The molecule has 0 bridgehead atoms. The molecule has 0 saturated heterocycles. The quantitative estimate of drug-likeness (QED) is 0.841. The van der Waals surface area contributed by atoms with Crippen molar-refractivity contribution < 1.29 is 0 Å². The Bertz CT molecular complexity index is 712. The molecule has 4 nitrogen and oxygen atoms in total. The van der Waals surface area contributed by atoms with Gasteiger partial charge in [-0.15, -0.1) is 0 Å². The Hall–Kier alpha value is -1.52. The third-order valence-corrected chi connectivity index (χ3v) is 5.59. The molecule has 24 heavy (non-hydrogen) atoms. The highest BCUT2D eigenvalue weighted by Gasteiger charge is 2.23. The Morgan fingerprint density at radius 2 is 2.04 bits per heavy atom. The molecule has 2 aromatic heterocycles. The van der Waals surface area contributed by atoms with E-state index in [4.69, 9.17) is 21.6 Å². The zero-order valence-corrected chi connectivity index (χ0v) is 14.7. The molecule has 0 radical (unpaired) electrons. The van der Waals surface area contributed by atoms with E-state index in [0.29, 0.717) is 5.92 Å². The lowest BCUT2D eigenvalue weighted by Gasteiger charge is -2.29. The van der Waals surface area contributed by atoms with E-state index in [1.807, 2.05) is 6.07 Å². The fourth-order valence-corrected chi connectivity index (χ4v) is 4.03. The highest BCUT2D eigenvalue weighted by Crippen LogP contribution is 2.31. The Morgan fingerprint density at radius 3 is 2.88 bits per heavy atom. The summed E-state index contributed by atoms with van der Waals surface area (Å²) < 4.78 is 0. The first-order chi connectivity index (χ1) is 11.8. The molecule has 1 fully saturated rings. The van der Waals surface area contributed by atoms with Gasteiger partial charge in [-0.2, -0.15) is 0 Å². The molecule has 3 heterocycles. The van der Waals surface area contributed by atoms with Gasteiger partial charge in [-0.3, -0.25) is 9.88 Å². The second-order valence-electron chi connectivity index (χ2n) is 6.96. The molecule has 1 aliphatic carbocycles. The summed E-state index contributed by atoms with van der Waals surface area (Å²) in [6, 6.07) is 2.00. The molecule has 126 valence electrons. The van der Waals surface area contributed by atoms with Crippen LogP contribution in [0.15, 0.2) is 24.7 Å². The Kier molecular flexibility index (Phi) is 4.76. The molecule has 0 atom stereocenters. The largest absolute Gasteiger partial charge is 0.294 e. The van der Waals surface area contributed by atoms with E-state index in [-0.39, 0.29) is 0 Å². The lowest BCUT2D eigenvalue weighted by molar-refractivity contribution is 0.242. The Balaban J connectivity index is 1.46. The summed E-state index contributed by atoms with van der Waals surface area (Å²) >= 11 is 6.24. The van der Waals surface area contributed by atoms with Crippen molar-refractivity contribution in [3.8, 4) is 0 Å². The summed E-state index contributed by atoms with van der Waals surface area (Å²) in [6.07, 6.45) is 13.1. The van der Waals surface area contributed by atoms with Gasteiger partial charge in [0.1, 0.15) is 5.82 Å². The maximum Gasteiger partial charge on any atom is 0.131 e. The minimum absolute atomic E-state index is 0.581. The van der Waals surface area contributed by atoms with Crippen molar-refractivity contribution in [3.05, 3.63) is 52.3 Å². The number of aromatic nitrogens is 3. The van der Waals surface area contributed by atoms with Crippen LogP contribution in [0.4, 0.5) is 0 Å². The van der Waals surface area contributed by atoms with Crippen molar-refractivity contribution in [1.82, 2.24) is 19.9 Å². The summed E-state index contributed by atoms with van der Waals surface area (Å²) in [5.41, 5.74) is 3.66. The predicted molar refractivity (Wildman–Crippen MR) is 94.9 cm³/mol. The van der Waals surface area contributed by atoms with Crippen LogP contribution >= 0.6 is 11.6 Å². The van der Waals surface area contributed by atoms with Crippen molar-refractivity contribution in [2.45, 2.75) is 57.5 Å². The van der Waals surface area contributed by atoms with E-state index in [1.54, 1.807) is 12.4 Å². The van der Waals surface area contributed by atoms with Crippen molar-refractivity contribution >= 4 is 11.6 Å². The molecule has 2 aliphatic rings. The van der Waals surface area contributed by atoms with E-state index < -0.39 is 0 Å². The van der Waals surface area contributed by atoms with Gasteiger partial charge in [0.2, 0.25) is 0 Å². The van der Waals surface area contributed by atoms with Crippen molar-refractivity contribution in [1.29, 1.82) is 0 Å². The third kappa shape index (κ3) is 3.45. The van der Waals surface area contributed by atoms with E-state index >= 15 is 0 Å². The van der Waals surface area contributed by atoms with Crippen LogP contribution in [-0.2, 0) is 19.5 Å². The molecule has 5 heteroatoms. The molecule has 0 unspecified atom stereocenters. The average Bonchev–Trinajstić information content (AvgIpc) is 2.64. The van der Waals surface area contributed by atoms with Gasteiger partial charge >= 0.3 is 0 Å². The molecule has 1 aliphatic heterocycles. The number of halogens is 1. The van der Waals surface area contributed by atoms with Crippen molar-refractivity contribution in [3.63, 3.8) is 0 Å². The average molecular weight is 343 g/mol. The SMILES string of the molecule is Clc1cnccc1CN1CCc2nc(C3CCCCC3)ncc2C1. The monoisotopic (exact) mass is 342 g/mol. The van der Waals surface area contributed by atoms with Gasteiger partial charge in [0.15, 0.2) is 0 Å². The lowest BCUT2D eigenvalue weighted by Crippen LogP contribution is -2.31. The van der Waals surface area contributed by atoms with Gasteiger partial charge in [-0.25, -0.2) is 9.97 Å². The predicted octanol–water partition coefficient (Wildman–Crippen LogP) is 4.13. The number of hydrogen-bond acceptors (Lipinski definition) is 4. The lowest BCUT2D eigenvalue weighted by atomic mass is 9.88. The highest BCUT2D eigenvalue weighted by atomic mass is 35.5. The summed E-state index contributed by atoms with van der Waals surface area (Å²) in [5, 5.41) is 0.743. The smallest absolute Gasteiger partial charge is 0.131 e. The van der Waals surface area contributed by atoms with E-state index in [2.05, 4.69) is 16.1 Å². The minimum atomic E-state index is 0.581. The Morgan fingerprint density at radius 1 is 1.17 bits per heavy atom. The number of nitrogens with zero attached hydrogens (tertiary/aromatic N) is 4. The molecule has 0 amide bonds. The fourth-order valence-electron chi connectivity index (χ4n) is 3.86. The molecule has 4 rings (SSSR count). The molecule has 1 saturated carbocycles. The van der Waals surface area contributed by atoms with Gasteiger partial charge in [-0.1, -0.05) is 30.9 Å². The first-order valence-electron chi connectivity index (χ1n) is 8.95. The van der Waals surface area contributed by atoms with Gasteiger partial charge in [0.25, 0.3) is 0 Å². The zero-order valence-electron chi connectivity index (χ0n) is 13.9. The summed E-state index contributed by atoms with van der Waals surface area (Å²) in [6.45, 7) is 2.77. The van der Waals surface area contributed by atoms with Crippen molar-refractivity contribution in [2.24, 2.45) is 0 Å². The second kappa shape index (κ2) is 7.16. The number of pyridine rings is 1. The van der Waals surface area contributed by atoms with E-state index in [0.717, 1.165) is 42.5 Å².